The van der Waals surface area contributed by atoms with Crippen molar-refractivity contribution in [1.29, 1.82) is 0 Å². The minimum Gasteiger partial charge on any atom is -0.497 e. The number of methoxy groups -OCH3 is 1. The van der Waals surface area contributed by atoms with Crippen LogP contribution in [0.2, 0.25) is 0 Å². The Bertz CT molecular complexity index is 425. The molecule has 1 heterocycles. The molecule has 3 heteroatoms. The number of ether oxygens (including phenoxy) is 1. The number of rotatable bonds is 6. The lowest BCUT2D eigenvalue weighted by Gasteiger charge is -2.44. The maximum atomic E-state index is 6.91. The molecule has 1 aromatic rings. The molecule has 0 bridgehead atoms. The summed E-state index contributed by atoms with van der Waals surface area (Å²) < 4.78 is 5.27. The quantitative estimate of drug-likeness (QED) is 0.871. The first-order chi connectivity index (χ1) is 10.1. The molecule has 2 N–H and O–H groups in total. The van der Waals surface area contributed by atoms with Gasteiger partial charge in [0.15, 0.2) is 0 Å². The van der Waals surface area contributed by atoms with Crippen LogP contribution in [0.4, 0.5) is 0 Å². The van der Waals surface area contributed by atoms with Crippen LogP contribution >= 0.6 is 0 Å². The topological polar surface area (TPSA) is 38.5 Å². The Morgan fingerprint density at radius 2 is 1.81 bits per heavy atom. The van der Waals surface area contributed by atoms with E-state index in [1.54, 1.807) is 7.11 Å². The number of hydrogen-bond donors (Lipinski definition) is 1. The van der Waals surface area contributed by atoms with E-state index in [0.29, 0.717) is 6.04 Å². The second-order valence-electron chi connectivity index (χ2n) is 6.29. The van der Waals surface area contributed by atoms with E-state index in [-0.39, 0.29) is 5.54 Å². The summed E-state index contributed by atoms with van der Waals surface area (Å²) in [5, 5.41) is 0. The van der Waals surface area contributed by atoms with E-state index >= 15 is 0 Å². The Hall–Kier alpha value is -1.06. The number of nitrogens with two attached hydrogens (primary N) is 1. The van der Waals surface area contributed by atoms with Crippen molar-refractivity contribution in [2.24, 2.45) is 5.73 Å². The summed E-state index contributed by atoms with van der Waals surface area (Å²) in [6, 6.07) is 8.68. The van der Waals surface area contributed by atoms with E-state index in [1.807, 2.05) is 12.1 Å². The van der Waals surface area contributed by atoms with Crippen molar-refractivity contribution in [2.75, 3.05) is 20.2 Å². The Labute approximate surface area is 129 Å². The van der Waals surface area contributed by atoms with Gasteiger partial charge in [-0.2, -0.15) is 0 Å². The highest BCUT2D eigenvalue weighted by atomic mass is 16.5. The van der Waals surface area contributed by atoms with Crippen LogP contribution in [0.1, 0.15) is 51.5 Å². The molecule has 1 fully saturated rings. The van der Waals surface area contributed by atoms with Crippen molar-refractivity contribution in [3.63, 3.8) is 0 Å². The molecular formula is C18H30N2O. The zero-order valence-corrected chi connectivity index (χ0v) is 13.8. The fourth-order valence-electron chi connectivity index (χ4n) is 3.54. The van der Waals surface area contributed by atoms with Crippen LogP contribution in [0, 0.1) is 0 Å². The zero-order chi connectivity index (χ0) is 15.3. The molecule has 0 aliphatic carbocycles. The van der Waals surface area contributed by atoms with Crippen molar-refractivity contribution >= 4 is 0 Å². The number of nitrogens with zero attached hydrogens (tertiary/aromatic N) is 1. The Morgan fingerprint density at radius 3 is 2.33 bits per heavy atom. The van der Waals surface area contributed by atoms with E-state index < -0.39 is 0 Å². The summed E-state index contributed by atoms with van der Waals surface area (Å²) >= 11 is 0. The molecule has 0 saturated carbocycles. The monoisotopic (exact) mass is 290 g/mol. The van der Waals surface area contributed by atoms with E-state index in [9.17, 15) is 0 Å². The van der Waals surface area contributed by atoms with Crippen LogP contribution < -0.4 is 10.5 Å². The highest BCUT2D eigenvalue weighted by Gasteiger charge is 2.36. The third-order valence-electron chi connectivity index (χ3n) is 4.98. The molecule has 0 radical (unpaired) electrons. The minimum atomic E-state index is -0.279. The summed E-state index contributed by atoms with van der Waals surface area (Å²) in [5.41, 5.74) is 7.86. The fraction of sp³-hybridized carbons (Fsp3) is 0.667. The van der Waals surface area contributed by atoms with Gasteiger partial charge in [-0.05, 0) is 57.0 Å². The molecule has 1 saturated heterocycles. The highest BCUT2D eigenvalue weighted by molar-refractivity contribution is 5.33. The third kappa shape index (κ3) is 3.58. The molecule has 21 heavy (non-hydrogen) atoms. The molecule has 3 nitrogen and oxygen atoms in total. The minimum absolute atomic E-state index is 0.279. The summed E-state index contributed by atoms with van der Waals surface area (Å²) in [6.07, 6.45) is 6.07. The van der Waals surface area contributed by atoms with Crippen molar-refractivity contribution in [1.82, 2.24) is 4.90 Å². The summed E-state index contributed by atoms with van der Waals surface area (Å²) in [7, 11) is 1.70. The fourth-order valence-corrected chi connectivity index (χ4v) is 3.54. The second kappa shape index (κ2) is 7.28. The number of piperidine rings is 1. The normalized spacial score (nSPS) is 20.8. The van der Waals surface area contributed by atoms with Gasteiger partial charge in [-0.1, -0.05) is 31.9 Å². The molecule has 1 aromatic carbocycles. The van der Waals surface area contributed by atoms with Crippen LogP contribution in [-0.4, -0.2) is 31.1 Å². The predicted octanol–water partition coefficient (Wildman–Crippen LogP) is 3.52. The standard InChI is InChI=1S/C18H30N2O/c1-4-12-18(19,15(2)20-13-6-5-7-14-20)16-8-10-17(21-3)11-9-16/h8-11,15H,4-7,12-14,19H2,1-3H3. The van der Waals surface area contributed by atoms with Gasteiger partial charge in [0.2, 0.25) is 0 Å². The lowest BCUT2D eigenvalue weighted by Crippen LogP contribution is -2.55. The summed E-state index contributed by atoms with van der Waals surface area (Å²) in [6.45, 7) is 6.87. The van der Waals surface area contributed by atoms with Gasteiger partial charge in [0, 0.05) is 6.04 Å². The molecular weight excluding hydrogens is 260 g/mol. The molecule has 2 rings (SSSR count). The summed E-state index contributed by atoms with van der Waals surface area (Å²) in [4.78, 5) is 2.57. The first-order valence-corrected chi connectivity index (χ1v) is 8.29. The molecule has 118 valence electrons. The van der Waals surface area contributed by atoms with Gasteiger partial charge in [-0.3, -0.25) is 4.90 Å². The van der Waals surface area contributed by atoms with Gasteiger partial charge in [0.05, 0.1) is 12.6 Å². The van der Waals surface area contributed by atoms with Gasteiger partial charge < -0.3 is 10.5 Å². The Balaban J connectivity index is 2.24. The first kappa shape index (κ1) is 16.3. The summed E-state index contributed by atoms with van der Waals surface area (Å²) in [5.74, 6) is 0.892. The van der Waals surface area contributed by atoms with Crippen LogP contribution in [0.25, 0.3) is 0 Å². The van der Waals surface area contributed by atoms with Crippen LogP contribution in [-0.2, 0) is 5.54 Å². The van der Waals surface area contributed by atoms with Crippen molar-refractivity contribution in [3.8, 4) is 5.75 Å². The lowest BCUT2D eigenvalue weighted by molar-refractivity contribution is 0.102. The van der Waals surface area contributed by atoms with Crippen LogP contribution in [0.5, 0.6) is 5.75 Å². The molecule has 0 spiro atoms. The zero-order valence-electron chi connectivity index (χ0n) is 13.8. The first-order valence-electron chi connectivity index (χ1n) is 8.29. The van der Waals surface area contributed by atoms with Gasteiger partial charge in [-0.25, -0.2) is 0 Å². The largest absolute Gasteiger partial charge is 0.497 e. The molecule has 0 amide bonds. The second-order valence-corrected chi connectivity index (χ2v) is 6.29. The van der Waals surface area contributed by atoms with Gasteiger partial charge in [0.25, 0.3) is 0 Å². The van der Waals surface area contributed by atoms with E-state index in [0.717, 1.165) is 18.6 Å². The lowest BCUT2D eigenvalue weighted by atomic mass is 9.79. The van der Waals surface area contributed by atoms with Gasteiger partial charge >= 0.3 is 0 Å². The average molecular weight is 290 g/mol. The van der Waals surface area contributed by atoms with Gasteiger partial charge in [-0.15, -0.1) is 0 Å². The van der Waals surface area contributed by atoms with Crippen LogP contribution in [0.3, 0.4) is 0 Å². The molecule has 2 atom stereocenters. The maximum absolute atomic E-state index is 6.91. The number of benzene rings is 1. The maximum Gasteiger partial charge on any atom is 0.118 e. The molecule has 0 aromatic heterocycles. The van der Waals surface area contributed by atoms with Crippen LogP contribution in [0.15, 0.2) is 24.3 Å². The average Bonchev–Trinajstić information content (AvgIpc) is 2.55. The van der Waals surface area contributed by atoms with Gasteiger partial charge in [0.1, 0.15) is 5.75 Å². The van der Waals surface area contributed by atoms with Crippen molar-refractivity contribution in [2.45, 2.75) is 57.5 Å². The van der Waals surface area contributed by atoms with Crippen molar-refractivity contribution in [3.05, 3.63) is 29.8 Å². The molecule has 1 aliphatic heterocycles. The Morgan fingerprint density at radius 1 is 1.19 bits per heavy atom. The molecule has 2 unspecified atom stereocenters. The van der Waals surface area contributed by atoms with Crippen molar-refractivity contribution < 1.29 is 4.74 Å². The SMILES string of the molecule is CCCC(N)(c1ccc(OC)cc1)C(C)N1CCCCC1. The van der Waals surface area contributed by atoms with E-state index in [1.165, 1.54) is 37.9 Å². The number of hydrogen-bond acceptors (Lipinski definition) is 3. The Kier molecular flexibility index (Phi) is 5.65. The third-order valence-corrected chi connectivity index (χ3v) is 4.98. The molecule has 1 aliphatic rings. The number of likely N-dealkylation sites (tertiary alicyclic amines) is 1. The predicted molar refractivity (Wildman–Crippen MR) is 88.7 cm³/mol. The smallest absolute Gasteiger partial charge is 0.118 e. The van der Waals surface area contributed by atoms with E-state index in [4.69, 9.17) is 10.5 Å². The highest BCUT2D eigenvalue weighted by Crippen LogP contribution is 2.33. The van der Waals surface area contributed by atoms with E-state index in [2.05, 4.69) is 30.9 Å².